The molecule has 7 heteroatoms. The van der Waals surface area contributed by atoms with Gasteiger partial charge in [0.05, 0.1) is 19.8 Å². The second-order valence-corrected chi connectivity index (χ2v) is 13.1. The summed E-state index contributed by atoms with van der Waals surface area (Å²) in [7, 11) is -1.84. The van der Waals surface area contributed by atoms with Gasteiger partial charge in [-0.1, -0.05) is 30.3 Å². The van der Waals surface area contributed by atoms with Gasteiger partial charge in [-0.05, 0) is 39.1 Å². The first-order chi connectivity index (χ1) is 12.6. The molecule has 148 valence electrons. The molecule has 2 aliphatic heterocycles. The topological polar surface area (TPSA) is 69.9 Å². The third kappa shape index (κ3) is 4.77. The number of ether oxygens (including phenoxy) is 4. The monoisotopic (exact) mass is 391 g/mol. The van der Waals surface area contributed by atoms with Crippen molar-refractivity contribution < 1.29 is 23.4 Å². The van der Waals surface area contributed by atoms with Gasteiger partial charge in [-0.2, -0.15) is 5.26 Å². The smallest absolute Gasteiger partial charge is 0.204 e. The van der Waals surface area contributed by atoms with Crippen LogP contribution in [-0.4, -0.2) is 51.2 Å². The van der Waals surface area contributed by atoms with Crippen molar-refractivity contribution >= 4 is 8.32 Å². The van der Waals surface area contributed by atoms with E-state index in [4.69, 9.17) is 23.4 Å². The van der Waals surface area contributed by atoms with Gasteiger partial charge >= 0.3 is 0 Å². The lowest BCUT2D eigenvalue weighted by Crippen LogP contribution is -2.63. The third-order valence-corrected chi connectivity index (χ3v) is 5.68. The fourth-order valence-corrected chi connectivity index (χ4v) is 4.04. The van der Waals surface area contributed by atoms with Crippen LogP contribution in [0.3, 0.4) is 0 Å². The minimum atomic E-state index is -1.84. The van der Waals surface area contributed by atoms with E-state index in [1.165, 1.54) is 0 Å². The lowest BCUT2D eigenvalue weighted by atomic mass is 9.89. The molecule has 1 aromatic carbocycles. The van der Waals surface area contributed by atoms with Gasteiger partial charge in [-0.15, -0.1) is 0 Å². The molecule has 6 nitrogen and oxygen atoms in total. The minimum Gasteiger partial charge on any atom is -0.413 e. The molecule has 0 unspecified atom stereocenters. The molecule has 0 spiro atoms. The highest BCUT2D eigenvalue weighted by atomic mass is 28.4. The van der Waals surface area contributed by atoms with Gasteiger partial charge in [0.2, 0.25) is 5.60 Å². The molecule has 0 aromatic heterocycles. The number of hydrogen-bond acceptors (Lipinski definition) is 6. The predicted molar refractivity (Wildman–Crippen MR) is 102 cm³/mol. The van der Waals surface area contributed by atoms with E-state index in [0.717, 1.165) is 5.56 Å². The summed E-state index contributed by atoms with van der Waals surface area (Å²) in [4.78, 5) is 0. The molecule has 0 N–H and O–H groups in total. The van der Waals surface area contributed by atoms with Gasteiger partial charge in [-0.25, -0.2) is 0 Å². The quantitative estimate of drug-likeness (QED) is 0.694. The molecule has 0 radical (unpaired) electrons. The van der Waals surface area contributed by atoms with Crippen LogP contribution < -0.4 is 0 Å². The number of benzene rings is 1. The molecular formula is C20H29NO5Si. The zero-order valence-corrected chi connectivity index (χ0v) is 17.7. The van der Waals surface area contributed by atoms with Crippen LogP contribution in [0.25, 0.3) is 0 Å². The number of hydrogen-bond donors (Lipinski definition) is 0. The lowest BCUT2D eigenvalue weighted by Gasteiger charge is -2.43. The zero-order chi connectivity index (χ0) is 19.7. The van der Waals surface area contributed by atoms with Crippen molar-refractivity contribution in [3.05, 3.63) is 35.9 Å². The number of nitriles is 1. The lowest BCUT2D eigenvalue weighted by molar-refractivity contribution is -0.217. The van der Waals surface area contributed by atoms with Crippen molar-refractivity contribution in [1.29, 1.82) is 5.26 Å². The largest absolute Gasteiger partial charge is 0.413 e. The fraction of sp³-hybridized carbons (Fsp3) is 0.650. The highest BCUT2D eigenvalue weighted by molar-refractivity contribution is 6.69. The van der Waals surface area contributed by atoms with Crippen LogP contribution >= 0.6 is 0 Å². The van der Waals surface area contributed by atoms with Crippen molar-refractivity contribution in [1.82, 2.24) is 0 Å². The Morgan fingerprint density at radius 3 is 2.52 bits per heavy atom. The van der Waals surface area contributed by atoms with Crippen LogP contribution in [0.15, 0.2) is 30.3 Å². The van der Waals surface area contributed by atoms with Crippen molar-refractivity contribution in [3.63, 3.8) is 0 Å². The Balaban J connectivity index is 1.84. The summed E-state index contributed by atoms with van der Waals surface area (Å²) >= 11 is 0. The van der Waals surface area contributed by atoms with E-state index < -0.39 is 25.8 Å². The Kier molecular flexibility index (Phi) is 5.78. The van der Waals surface area contributed by atoms with E-state index in [1.54, 1.807) is 0 Å². The highest BCUT2D eigenvalue weighted by Gasteiger charge is 2.59. The molecule has 2 aliphatic rings. The molecule has 0 bridgehead atoms. The summed E-state index contributed by atoms with van der Waals surface area (Å²) < 4.78 is 30.4. The van der Waals surface area contributed by atoms with E-state index in [0.29, 0.717) is 6.61 Å². The normalized spacial score (nSPS) is 32.7. The fourth-order valence-electron chi connectivity index (χ4n) is 3.39. The van der Waals surface area contributed by atoms with Crippen LogP contribution in [0.2, 0.25) is 19.6 Å². The number of fused-ring (bicyclic) bond motifs is 1. The zero-order valence-electron chi connectivity index (χ0n) is 16.7. The molecule has 0 aliphatic carbocycles. The molecular weight excluding hydrogens is 362 g/mol. The van der Waals surface area contributed by atoms with Gasteiger partial charge < -0.3 is 23.4 Å². The summed E-state index contributed by atoms with van der Waals surface area (Å²) in [6, 6.07) is 12.2. The van der Waals surface area contributed by atoms with Crippen molar-refractivity contribution in [2.45, 2.75) is 69.8 Å². The standard InChI is InChI=1S/C20H29NO5Si/c1-19(2)25-16-12-23-20(13-21,14-24-27(3,4)5)18(17(16)26-19)22-11-15-9-7-6-8-10-15/h6-10,16-18H,11-12,14H2,1-5H3/t16-,17-,18+,20-/m1/s1. The molecule has 2 saturated heterocycles. The van der Waals surface area contributed by atoms with Crippen molar-refractivity contribution in [3.8, 4) is 6.07 Å². The highest BCUT2D eigenvalue weighted by Crippen LogP contribution is 2.40. The Morgan fingerprint density at radius 2 is 1.89 bits per heavy atom. The first-order valence-electron chi connectivity index (χ1n) is 9.34. The van der Waals surface area contributed by atoms with Crippen LogP contribution in [0.5, 0.6) is 0 Å². The molecule has 27 heavy (non-hydrogen) atoms. The summed E-state index contributed by atoms with van der Waals surface area (Å²) in [6.45, 7) is 10.8. The molecule has 0 saturated carbocycles. The van der Waals surface area contributed by atoms with Gasteiger partial charge in [0.15, 0.2) is 14.1 Å². The second-order valence-electron chi connectivity index (χ2n) is 8.57. The first-order valence-corrected chi connectivity index (χ1v) is 12.8. The maximum atomic E-state index is 10.0. The Bertz CT molecular complexity index is 684. The molecule has 1 aromatic rings. The van der Waals surface area contributed by atoms with E-state index in [2.05, 4.69) is 25.7 Å². The van der Waals surface area contributed by atoms with Crippen molar-refractivity contribution in [2.24, 2.45) is 0 Å². The van der Waals surface area contributed by atoms with E-state index in [1.807, 2.05) is 44.2 Å². The maximum Gasteiger partial charge on any atom is 0.204 e. The molecule has 0 amide bonds. The third-order valence-electron chi connectivity index (χ3n) is 4.67. The van der Waals surface area contributed by atoms with Crippen molar-refractivity contribution in [2.75, 3.05) is 13.2 Å². The average Bonchev–Trinajstić information content (AvgIpc) is 2.92. The minimum absolute atomic E-state index is 0.158. The van der Waals surface area contributed by atoms with Gasteiger partial charge in [0.1, 0.15) is 24.4 Å². The average molecular weight is 392 g/mol. The molecule has 4 atom stereocenters. The summed E-state index contributed by atoms with van der Waals surface area (Å²) in [5.74, 6) is -0.738. The molecule has 2 heterocycles. The van der Waals surface area contributed by atoms with E-state index in [9.17, 15) is 5.26 Å². The summed E-state index contributed by atoms with van der Waals surface area (Å²) in [5, 5.41) is 10.0. The SMILES string of the molecule is CC1(C)O[C@@H]2[C@@H](CO[C@](C#N)(CO[Si](C)(C)C)[C@H]2OCc2ccccc2)O1. The van der Waals surface area contributed by atoms with Crippen LogP contribution in [-0.2, 0) is 30.0 Å². The maximum absolute atomic E-state index is 10.0. The predicted octanol–water partition coefficient (Wildman–Crippen LogP) is 3.24. The number of rotatable bonds is 6. The number of nitrogens with zero attached hydrogens (tertiary/aromatic N) is 1. The Morgan fingerprint density at radius 1 is 1.19 bits per heavy atom. The summed E-state index contributed by atoms with van der Waals surface area (Å²) in [6.07, 6.45) is -1.27. The van der Waals surface area contributed by atoms with Crippen LogP contribution in [0.1, 0.15) is 19.4 Å². The van der Waals surface area contributed by atoms with Gasteiger partial charge in [0, 0.05) is 0 Å². The Labute approximate surface area is 162 Å². The molecule has 3 rings (SSSR count). The first kappa shape index (κ1) is 20.5. The van der Waals surface area contributed by atoms with Crippen LogP contribution in [0, 0.1) is 11.3 Å². The second kappa shape index (κ2) is 7.63. The van der Waals surface area contributed by atoms with Gasteiger partial charge in [0.25, 0.3) is 0 Å². The van der Waals surface area contributed by atoms with Gasteiger partial charge in [-0.3, -0.25) is 0 Å². The van der Waals surface area contributed by atoms with E-state index >= 15 is 0 Å². The summed E-state index contributed by atoms with van der Waals surface area (Å²) in [5.41, 5.74) is -0.198. The Hall–Kier alpha value is -1.27. The van der Waals surface area contributed by atoms with Crippen LogP contribution in [0.4, 0.5) is 0 Å². The molecule has 2 fully saturated rings. The van der Waals surface area contributed by atoms with E-state index in [-0.39, 0.29) is 25.4 Å².